The largest absolute Gasteiger partial charge is 0.463 e. The number of halogens is 1. The Morgan fingerprint density at radius 1 is 1.17 bits per heavy atom. The van der Waals surface area contributed by atoms with Crippen molar-refractivity contribution < 1.29 is 9.53 Å². The maximum atomic E-state index is 12.3. The molecule has 1 fully saturated rings. The first-order valence-electron chi connectivity index (χ1n) is 8.69. The van der Waals surface area contributed by atoms with Crippen LogP contribution in [-0.4, -0.2) is 30.1 Å². The molecule has 0 amide bonds. The first-order chi connectivity index (χ1) is 10.7. The molecule has 1 aliphatic rings. The minimum Gasteiger partial charge on any atom is -0.463 e. The number of hydrogen-bond donors (Lipinski definition) is 0. The van der Waals surface area contributed by atoms with Crippen molar-refractivity contribution in [1.29, 1.82) is 0 Å². The molecule has 0 spiro atoms. The second kappa shape index (κ2) is 10.7. The van der Waals surface area contributed by atoms with E-state index in [1.54, 1.807) is 0 Å². The van der Waals surface area contributed by atoms with Gasteiger partial charge in [-0.25, -0.2) is 0 Å². The summed E-state index contributed by atoms with van der Waals surface area (Å²) in [5.74, 6) is -0.0691. The van der Waals surface area contributed by atoms with Gasteiger partial charge in [-0.1, -0.05) is 50.1 Å². The van der Waals surface area contributed by atoms with Gasteiger partial charge in [0.1, 0.15) is 0 Å². The van der Waals surface area contributed by atoms with Gasteiger partial charge in [-0.2, -0.15) is 0 Å². The van der Waals surface area contributed by atoms with Crippen LogP contribution in [0.1, 0.15) is 64.0 Å². The zero-order chi connectivity index (χ0) is 15.8. The lowest BCUT2D eigenvalue weighted by atomic mass is 9.99. The summed E-state index contributed by atoms with van der Waals surface area (Å²) in [6.07, 6.45) is 6.22. The molecule has 2 unspecified atom stereocenters. The van der Waals surface area contributed by atoms with Crippen LogP contribution in [-0.2, 0) is 9.53 Å². The second-order valence-corrected chi connectivity index (χ2v) is 6.32. The molecular weight excluding hydrogens is 310 g/mol. The molecule has 0 radical (unpaired) electrons. The molecule has 4 heteroatoms. The van der Waals surface area contributed by atoms with Gasteiger partial charge in [-0.05, 0) is 44.8 Å². The zero-order valence-corrected chi connectivity index (χ0v) is 15.2. The van der Waals surface area contributed by atoms with Crippen LogP contribution < -0.4 is 0 Å². The average molecular weight is 340 g/mol. The van der Waals surface area contributed by atoms with Crippen LogP contribution in [0.2, 0.25) is 0 Å². The summed E-state index contributed by atoms with van der Waals surface area (Å²) < 4.78 is 5.57. The van der Waals surface area contributed by atoms with Crippen LogP contribution in [0.5, 0.6) is 0 Å². The number of ether oxygens (including phenoxy) is 1. The van der Waals surface area contributed by atoms with Gasteiger partial charge < -0.3 is 4.74 Å². The molecule has 130 valence electrons. The number of piperidine rings is 1. The average Bonchev–Trinajstić information content (AvgIpc) is 2.54. The molecule has 3 nitrogen and oxygen atoms in total. The van der Waals surface area contributed by atoms with E-state index in [2.05, 4.69) is 36.1 Å². The summed E-state index contributed by atoms with van der Waals surface area (Å²) in [5, 5.41) is 0. The summed E-state index contributed by atoms with van der Waals surface area (Å²) >= 11 is 0. The van der Waals surface area contributed by atoms with Gasteiger partial charge >= 0.3 is 5.97 Å². The highest BCUT2D eigenvalue weighted by atomic mass is 35.5. The highest BCUT2D eigenvalue weighted by Crippen LogP contribution is 2.28. The molecule has 1 aromatic rings. The Bertz CT molecular complexity index is 446. The Hall–Kier alpha value is -1.06. The van der Waals surface area contributed by atoms with Crippen LogP contribution in [0, 0.1) is 0 Å². The van der Waals surface area contributed by atoms with Crippen LogP contribution in [0.4, 0.5) is 0 Å². The normalized spacial score (nSPS) is 17.8. The van der Waals surface area contributed by atoms with Crippen molar-refractivity contribution in [3.05, 3.63) is 35.9 Å². The fraction of sp³-hybridized carbons (Fsp3) is 0.632. The third-order valence-electron chi connectivity index (χ3n) is 4.40. The lowest BCUT2D eigenvalue weighted by Crippen LogP contribution is -2.35. The zero-order valence-electron chi connectivity index (χ0n) is 14.4. The highest BCUT2D eigenvalue weighted by Gasteiger charge is 2.25. The third kappa shape index (κ3) is 6.52. The quantitative estimate of drug-likeness (QED) is 0.671. The fourth-order valence-electron chi connectivity index (χ4n) is 3.26. The fourth-order valence-corrected chi connectivity index (χ4v) is 3.26. The molecule has 1 aromatic carbocycles. The van der Waals surface area contributed by atoms with Gasteiger partial charge in [0.15, 0.2) is 0 Å². The van der Waals surface area contributed by atoms with Crippen molar-refractivity contribution in [2.24, 2.45) is 0 Å². The van der Waals surface area contributed by atoms with E-state index in [0.717, 1.165) is 25.9 Å². The summed E-state index contributed by atoms with van der Waals surface area (Å²) in [7, 11) is 0. The number of carbonyl (C=O) groups is 1. The van der Waals surface area contributed by atoms with Crippen molar-refractivity contribution in [1.82, 2.24) is 4.90 Å². The molecule has 1 saturated heterocycles. The Morgan fingerprint density at radius 2 is 1.83 bits per heavy atom. The standard InChI is InChI=1S/C19H29NO2.ClH/c1-3-10-16(2)22-19(21)15-18(17-11-6-4-7-12-17)20-13-8-5-9-14-20;/h4,6-7,11-12,16,18H,3,5,8-10,13-15H2,1-2H3;1H. The van der Waals surface area contributed by atoms with Gasteiger partial charge in [0.2, 0.25) is 0 Å². The monoisotopic (exact) mass is 339 g/mol. The highest BCUT2D eigenvalue weighted by molar-refractivity contribution is 5.85. The molecular formula is C19H30ClNO2. The second-order valence-electron chi connectivity index (χ2n) is 6.32. The van der Waals surface area contributed by atoms with E-state index in [1.165, 1.54) is 24.8 Å². The van der Waals surface area contributed by atoms with Crippen LogP contribution in [0.25, 0.3) is 0 Å². The predicted molar refractivity (Wildman–Crippen MR) is 96.9 cm³/mol. The van der Waals surface area contributed by atoms with E-state index in [-0.39, 0.29) is 30.5 Å². The molecule has 0 aromatic heterocycles. The minimum atomic E-state index is -0.0691. The Morgan fingerprint density at radius 3 is 2.43 bits per heavy atom. The van der Waals surface area contributed by atoms with Crippen molar-refractivity contribution in [2.45, 2.75) is 64.5 Å². The van der Waals surface area contributed by atoms with Crippen molar-refractivity contribution in [2.75, 3.05) is 13.1 Å². The first-order valence-corrected chi connectivity index (χ1v) is 8.69. The maximum Gasteiger partial charge on any atom is 0.307 e. The predicted octanol–water partition coefficient (Wildman–Crippen LogP) is 4.76. The first kappa shape index (κ1) is 20.0. The molecule has 0 bridgehead atoms. The van der Waals surface area contributed by atoms with Crippen molar-refractivity contribution in [3.63, 3.8) is 0 Å². The molecule has 1 aliphatic heterocycles. The SMILES string of the molecule is CCCC(C)OC(=O)CC(c1ccccc1)N1CCCCC1.Cl. The minimum absolute atomic E-state index is 0. The summed E-state index contributed by atoms with van der Waals surface area (Å²) in [4.78, 5) is 14.8. The van der Waals surface area contributed by atoms with E-state index >= 15 is 0 Å². The Kier molecular flexibility index (Phi) is 9.27. The van der Waals surface area contributed by atoms with E-state index in [9.17, 15) is 4.79 Å². The molecule has 23 heavy (non-hydrogen) atoms. The number of esters is 1. The number of benzene rings is 1. The van der Waals surface area contributed by atoms with Crippen LogP contribution in [0.15, 0.2) is 30.3 Å². The molecule has 0 saturated carbocycles. The van der Waals surface area contributed by atoms with Crippen LogP contribution >= 0.6 is 12.4 Å². The van der Waals surface area contributed by atoms with E-state index in [0.29, 0.717) is 6.42 Å². The molecule has 1 heterocycles. The third-order valence-corrected chi connectivity index (χ3v) is 4.40. The topological polar surface area (TPSA) is 29.5 Å². The summed E-state index contributed by atoms with van der Waals surface area (Å²) in [6, 6.07) is 10.5. The number of likely N-dealkylation sites (tertiary alicyclic amines) is 1. The smallest absolute Gasteiger partial charge is 0.307 e. The molecule has 2 rings (SSSR count). The van der Waals surface area contributed by atoms with E-state index < -0.39 is 0 Å². The van der Waals surface area contributed by atoms with Gasteiger partial charge in [-0.15, -0.1) is 12.4 Å². The van der Waals surface area contributed by atoms with Gasteiger partial charge in [0, 0.05) is 6.04 Å². The summed E-state index contributed by atoms with van der Waals surface area (Å²) in [6.45, 7) is 6.26. The number of nitrogens with zero attached hydrogens (tertiary/aromatic N) is 1. The Labute approximate surface area is 146 Å². The van der Waals surface area contributed by atoms with Gasteiger partial charge in [0.25, 0.3) is 0 Å². The van der Waals surface area contributed by atoms with E-state index in [4.69, 9.17) is 4.74 Å². The van der Waals surface area contributed by atoms with Gasteiger partial charge in [-0.3, -0.25) is 9.69 Å². The summed E-state index contributed by atoms with van der Waals surface area (Å²) in [5.41, 5.74) is 1.23. The van der Waals surface area contributed by atoms with Crippen molar-refractivity contribution in [3.8, 4) is 0 Å². The lowest BCUT2D eigenvalue weighted by molar-refractivity contribution is -0.150. The van der Waals surface area contributed by atoms with E-state index in [1.807, 2.05) is 13.0 Å². The van der Waals surface area contributed by atoms with Crippen LogP contribution in [0.3, 0.4) is 0 Å². The molecule has 0 aliphatic carbocycles. The maximum absolute atomic E-state index is 12.3. The number of carbonyl (C=O) groups excluding carboxylic acids is 1. The molecule has 0 N–H and O–H groups in total. The number of rotatable bonds is 7. The Balaban J connectivity index is 0.00000264. The van der Waals surface area contributed by atoms with Gasteiger partial charge in [0.05, 0.1) is 12.5 Å². The number of hydrogen-bond acceptors (Lipinski definition) is 3. The van der Waals surface area contributed by atoms with Crippen molar-refractivity contribution >= 4 is 18.4 Å². The molecule has 2 atom stereocenters. The lowest BCUT2D eigenvalue weighted by Gasteiger charge is -2.34.